The summed E-state index contributed by atoms with van der Waals surface area (Å²) in [5, 5.41) is 7.01. The first-order valence-electron chi connectivity index (χ1n) is 11.1. The minimum atomic E-state index is -0.707. The van der Waals surface area contributed by atoms with E-state index in [0.29, 0.717) is 30.1 Å². The van der Waals surface area contributed by atoms with E-state index >= 15 is 4.39 Å². The van der Waals surface area contributed by atoms with E-state index in [4.69, 9.17) is 4.84 Å². The Morgan fingerprint density at radius 2 is 1.94 bits per heavy atom. The Labute approximate surface area is 200 Å². The molecular weight excluding hydrogens is 451 g/mol. The second kappa shape index (κ2) is 9.15. The maximum atomic E-state index is 15.2. The summed E-state index contributed by atoms with van der Waals surface area (Å²) in [7, 11) is 1.51. The first-order valence-corrected chi connectivity index (χ1v) is 11.1. The Bertz CT molecular complexity index is 1470. The summed E-state index contributed by atoms with van der Waals surface area (Å²) in [6.45, 7) is 2.18. The summed E-state index contributed by atoms with van der Waals surface area (Å²) in [4.78, 5) is 39.4. The number of urea groups is 1. The highest BCUT2D eigenvalue weighted by Crippen LogP contribution is 2.31. The molecule has 2 amide bonds. The van der Waals surface area contributed by atoms with E-state index in [-0.39, 0.29) is 22.6 Å². The molecule has 2 N–H and O–H groups in total. The van der Waals surface area contributed by atoms with Crippen LogP contribution in [-0.4, -0.2) is 32.2 Å². The summed E-state index contributed by atoms with van der Waals surface area (Å²) >= 11 is 0. The van der Waals surface area contributed by atoms with Crippen molar-refractivity contribution in [2.75, 3.05) is 17.2 Å². The topological polar surface area (TPSA) is 101 Å². The average molecular weight is 474 g/mol. The zero-order chi connectivity index (χ0) is 24.5. The van der Waals surface area contributed by atoms with E-state index in [1.165, 1.54) is 35.3 Å². The number of hydrogen-bond acceptors (Lipinski definition) is 6. The molecule has 2 aromatic heterocycles. The number of benzene rings is 2. The molecule has 3 heterocycles. The van der Waals surface area contributed by atoms with Gasteiger partial charge in [0.05, 0.1) is 53.4 Å². The number of nitrogens with one attached hydrogen (secondary N) is 2. The molecule has 35 heavy (non-hydrogen) atoms. The fraction of sp³-hybridized carbons (Fsp3) is 0.200. The van der Waals surface area contributed by atoms with Gasteiger partial charge in [-0.05, 0) is 30.7 Å². The number of aromatic nitrogens is 3. The molecule has 0 unspecified atom stereocenters. The van der Waals surface area contributed by atoms with Crippen LogP contribution in [0.3, 0.4) is 0 Å². The fourth-order valence-corrected chi connectivity index (χ4v) is 4.05. The third-order valence-electron chi connectivity index (χ3n) is 5.92. The molecule has 0 radical (unpaired) electrons. The fourth-order valence-electron chi connectivity index (χ4n) is 4.05. The van der Waals surface area contributed by atoms with Gasteiger partial charge in [-0.25, -0.2) is 14.2 Å². The summed E-state index contributed by atoms with van der Waals surface area (Å²) < 4.78 is 16.4. The predicted octanol–water partition coefficient (Wildman–Crippen LogP) is 4.43. The SMILES string of the molecule is Cc1ncc(NC(=O)N2OCC[C@@H]2c2ccccc2)cc1Nc1ccc2ncn(C)c(=O)c2c1F. The number of hydrogen-bond donors (Lipinski definition) is 2. The monoisotopic (exact) mass is 474 g/mol. The molecule has 5 rings (SSSR count). The van der Waals surface area contributed by atoms with Gasteiger partial charge in [0.25, 0.3) is 5.56 Å². The van der Waals surface area contributed by atoms with Gasteiger partial charge >= 0.3 is 6.03 Å². The van der Waals surface area contributed by atoms with Gasteiger partial charge < -0.3 is 15.2 Å². The Kier molecular flexibility index (Phi) is 5.87. The number of halogens is 1. The lowest BCUT2D eigenvalue weighted by Gasteiger charge is -2.23. The lowest BCUT2D eigenvalue weighted by Crippen LogP contribution is -2.33. The maximum Gasteiger partial charge on any atom is 0.346 e. The predicted molar refractivity (Wildman–Crippen MR) is 130 cm³/mol. The summed E-state index contributed by atoms with van der Waals surface area (Å²) in [6, 6.07) is 13.8. The first kappa shape index (κ1) is 22.5. The van der Waals surface area contributed by atoms with E-state index in [9.17, 15) is 9.59 Å². The summed E-state index contributed by atoms with van der Waals surface area (Å²) in [5.74, 6) is -0.707. The number of carbonyl (C=O) groups excluding carboxylic acids is 1. The van der Waals surface area contributed by atoms with Gasteiger partial charge in [-0.15, -0.1) is 0 Å². The maximum absolute atomic E-state index is 15.2. The van der Waals surface area contributed by atoms with Crippen LogP contribution >= 0.6 is 0 Å². The van der Waals surface area contributed by atoms with Crippen molar-refractivity contribution in [2.45, 2.75) is 19.4 Å². The molecule has 0 aliphatic carbocycles. The Hall–Kier alpha value is -4.31. The highest BCUT2D eigenvalue weighted by Gasteiger charge is 2.31. The van der Waals surface area contributed by atoms with Crippen LogP contribution in [0.4, 0.5) is 26.2 Å². The molecular formula is C25H23FN6O3. The number of amides is 2. The van der Waals surface area contributed by atoms with Crippen molar-refractivity contribution in [2.24, 2.45) is 7.05 Å². The molecule has 1 aliphatic heterocycles. The number of aryl methyl sites for hydroxylation is 2. The lowest BCUT2D eigenvalue weighted by atomic mass is 10.1. The van der Waals surface area contributed by atoms with Crippen molar-refractivity contribution in [1.29, 1.82) is 0 Å². The standard InChI is InChI=1S/C25H23FN6O3/c1-15-20(30-19-9-8-18-22(23(19)26)24(33)31(2)14-28-18)12-17(13-27-15)29-25(34)32-21(10-11-35-32)16-6-4-3-5-7-16/h3-9,12-14,21,30H,10-11H2,1-2H3,(H,29,34)/t21-/m1/s1. The second-order valence-electron chi connectivity index (χ2n) is 8.27. The highest BCUT2D eigenvalue weighted by molar-refractivity contribution is 5.90. The van der Waals surface area contributed by atoms with Crippen molar-refractivity contribution >= 4 is 34.0 Å². The third-order valence-corrected chi connectivity index (χ3v) is 5.92. The quantitative estimate of drug-likeness (QED) is 0.454. The van der Waals surface area contributed by atoms with Gasteiger partial charge in [0, 0.05) is 13.5 Å². The molecule has 0 bridgehead atoms. The highest BCUT2D eigenvalue weighted by atomic mass is 19.1. The van der Waals surface area contributed by atoms with Gasteiger partial charge in [0.1, 0.15) is 5.39 Å². The van der Waals surface area contributed by atoms with Gasteiger partial charge in [0.2, 0.25) is 0 Å². The second-order valence-corrected chi connectivity index (χ2v) is 8.27. The summed E-state index contributed by atoms with van der Waals surface area (Å²) in [5.41, 5.74) is 2.34. The van der Waals surface area contributed by atoms with E-state index < -0.39 is 17.4 Å². The van der Waals surface area contributed by atoms with Crippen molar-refractivity contribution in [3.05, 3.63) is 88.5 Å². The Balaban J connectivity index is 1.39. The van der Waals surface area contributed by atoms with E-state index in [1.54, 1.807) is 19.1 Å². The van der Waals surface area contributed by atoms with E-state index in [2.05, 4.69) is 20.6 Å². The number of fused-ring (bicyclic) bond motifs is 1. The number of rotatable bonds is 4. The minimum Gasteiger partial charge on any atom is -0.352 e. The number of anilines is 3. The van der Waals surface area contributed by atoms with Gasteiger partial charge in [-0.1, -0.05) is 30.3 Å². The minimum absolute atomic E-state index is 0.1000. The van der Waals surface area contributed by atoms with Crippen LogP contribution in [0.5, 0.6) is 0 Å². The Morgan fingerprint density at radius 3 is 2.74 bits per heavy atom. The molecule has 0 saturated carbocycles. The largest absolute Gasteiger partial charge is 0.352 e. The average Bonchev–Trinajstić information content (AvgIpc) is 3.36. The summed E-state index contributed by atoms with van der Waals surface area (Å²) in [6.07, 6.45) is 3.55. The van der Waals surface area contributed by atoms with Crippen molar-refractivity contribution in [3.63, 3.8) is 0 Å². The van der Waals surface area contributed by atoms with Crippen LogP contribution in [0, 0.1) is 12.7 Å². The van der Waals surface area contributed by atoms with E-state index in [1.807, 2.05) is 30.3 Å². The number of nitrogens with zero attached hydrogens (tertiary/aromatic N) is 4. The van der Waals surface area contributed by atoms with Crippen LogP contribution in [0.1, 0.15) is 23.7 Å². The first-order chi connectivity index (χ1) is 16.9. The van der Waals surface area contributed by atoms with Crippen LogP contribution in [0.15, 0.2) is 65.8 Å². The third kappa shape index (κ3) is 4.31. The molecule has 10 heteroatoms. The van der Waals surface area contributed by atoms with Gasteiger partial charge in [-0.2, -0.15) is 5.06 Å². The van der Waals surface area contributed by atoms with Gasteiger partial charge in [-0.3, -0.25) is 14.6 Å². The van der Waals surface area contributed by atoms with Crippen LogP contribution in [-0.2, 0) is 11.9 Å². The Morgan fingerprint density at radius 1 is 1.14 bits per heavy atom. The zero-order valence-electron chi connectivity index (χ0n) is 19.2. The van der Waals surface area contributed by atoms with E-state index in [0.717, 1.165) is 5.56 Å². The number of hydroxylamine groups is 2. The van der Waals surface area contributed by atoms with Crippen LogP contribution in [0.25, 0.3) is 10.9 Å². The zero-order valence-corrected chi connectivity index (χ0v) is 19.2. The lowest BCUT2D eigenvalue weighted by molar-refractivity contribution is -0.0829. The molecule has 1 aliphatic rings. The van der Waals surface area contributed by atoms with Crippen molar-refractivity contribution in [1.82, 2.24) is 19.6 Å². The number of pyridine rings is 1. The van der Waals surface area contributed by atoms with Gasteiger partial charge in [0.15, 0.2) is 5.82 Å². The van der Waals surface area contributed by atoms with Crippen molar-refractivity contribution < 1.29 is 14.0 Å². The molecule has 9 nitrogen and oxygen atoms in total. The van der Waals surface area contributed by atoms with Crippen molar-refractivity contribution in [3.8, 4) is 0 Å². The van der Waals surface area contributed by atoms with Crippen LogP contribution in [0.2, 0.25) is 0 Å². The molecule has 0 spiro atoms. The van der Waals surface area contributed by atoms with Crippen LogP contribution < -0.4 is 16.2 Å². The molecule has 2 aromatic carbocycles. The number of carbonyl (C=O) groups is 1. The molecule has 1 fully saturated rings. The normalized spacial score (nSPS) is 15.4. The molecule has 1 saturated heterocycles. The molecule has 4 aromatic rings. The molecule has 178 valence electrons. The molecule has 1 atom stereocenters. The smallest absolute Gasteiger partial charge is 0.346 e.